The normalized spacial score (nSPS) is 26.4. The highest BCUT2D eigenvalue weighted by Crippen LogP contribution is 2.31. The molecule has 1 fully saturated rings. The van der Waals surface area contributed by atoms with Gasteiger partial charge in [0.2, 0.25) is 0 Å². The van der Waals surface area contributed by atoms with Gasteiger partial charge in [0.25, 0.3) is 0 Å². The molecule has 0 amide bonds. The first-order valence-electron chi connectivity index (χ1n) is 6.61. The van der Waals surface area contributed by atoms with E-state index in [1.165, 1.54) is 6.26 Å². The summed E-state index contributed by atoms with van der Waals surface area (Å²) in [7, 11) is -3.13. The maximum atomic E-state index is 11.9. The molecule has 1 N–H and O–H groups in total. The van der Waals surface area contributed by atoms with Crippen LogP contribution >= 0.6 is 0 Å². The number of rotatable bonds is 6. The van der Waals surface area contributed by atoms with Crippen LogP contribution in [-0.2, 0) is 14.6 Å². The number of alkyl halides is 3. The van der Waals surface area contributed by atoms with Crippen LogP contribution in [0.2, 0.25) is 0 Å². The van der Waals surface area contributed by atoms with Crippen molar-refractivity contribution in [3.63, 3.8) is 0 Å². The second-order valence-corrected chi connectivity index (χ2v) is 7.73. The zero-order valence-corrected chi connectivity index (χ0v) is 12.2. The first-order chi connectivity index (χ1) is 9.09. The summed E-state index contributed by atoms with van der Waals surface area (Å²) in [4.78, 5) is 0. The topological polar surface area (TPSA) is 63.6 Å². The van der Waals surface area contributed by atoms with Crippen molar-refractivity contribution in [2.45, 2.75) is 49.6 Å². The Morgan fingerprint density at radius 3 is 2.55 bits per heavy atom. The molecule has 120 valence electrons. The van der Waals surface area contributed by atoms with Crippen LogP contribution in [0.1, 0.15) is 32.1 Å². The van der Waals surface area contributed by atoms with E-state index in [-0.39, 0.29) is 18.9 Å². The number of aliphatic hydroxyl groups is 1. The molecule has 0 aliphatic heterocycles. The van der Waals surface area contributed by atoms with Crippen LogP contribution in [0.15, 0.2) is 0 Å². The molecule has 8 heteroatoms. The maximum absolute atomic E-state index is 11.9. The number of aliphatic hydroxyl groups excluding tert-OH is 1. The van der Waals surface area contributed by atoms with Crippen molar-refractivity contribution in [2.75, 3.05) is 19.5 Å². The summed E-state index contributed by atoms with van der Waals surface area (Å²) < 4.78 is 63.0. The Kier molecular flexibility index (Phi) is 6.27. The first kappa shape index (κ1) is 17.7. The predicted molar refractivity (Wildman–Crippen MR) is 68.1 cm³/mol. The predicted octanol–water partition coefficient (Wildman–Crippen LogP) is 1.92. The highest BCUT2D eigenvalue weighted by atomic mass is 32.2. The summed E-state index contributed by atoms with van der Waals surface area (Å²) >= 11 is 0. The number of ether oxygens (including phenoxy) is 1. The van der Waals surface area contributed by atoms with Gasteiger partial charge >= 0.3 is 6.18 Å². The molecule has 0 heterocycles. The first-order valence-corrected chi connectivity index (χ1v) is 8.56. The van der Waals surface area contributed by atoms with Crippen LogP contribution in [-0.4, -0.2) is 50.5 Å². The Morgan fingerprint density at radius 2 is 2.00 bits per heavy atom. The number of sulfone groups is 1. The van der Waals surface area contributed by atoms with E-state index in [0.29, 0.717) is 25.7 Å². The molecule has 0 aromatic carbocycles. The van der Waals surface area contributed by atoms with Crippen molar-refractivity contribution in [3.8, 4) is 0 Å². The van der Waals surface area contributed by atoms with Crippen LogP contribution in [0.3, 0.4) is 0 Å². The van der Waals surface area contributed by atoms with E-state index in [9.17, 15) is 26.7 Å². The lowest BCUT2D eigenvalue weighted by Gasteiger charge is -2.31. The van der Waals surface area contributed by atoms with Crippen LogP contribution < -0.4 is 0 Å². The Balaban J connectivity index is 2.34. The lowest BCUT2D eigenvalue weighted by atomic mass is 9.84. The standard InChI is InChI=1S/C12H21F3O4S/c1-20(17,18)10-4-2-3-9(7-10)11(16)5-6-19-8-12(13,14)15/h9-11,16H,2-8H2,1H3. The molecule has 4 nitrogen and oxygen atoms in total. The Hall–Kier alpha value is -0.340. The Bertz CT molecular complexity index is 394. The lowest BCUT2D eigenvalue weighted by Crippen LogP contribution is -2.33. The summed E-state index contributed by atoms with van der Waals surface area (Å²) in [6.07, 6.45) is -1.53. The second kappa shape index (κ2) is 7.09. The van der Waals surface area contributed by atoms with Gasteiger partial charge in [-0.05, 0) is 31.6 Å². The average Bonchev–Trinajstić information content (AvgIpc) is 2.32. The molecule has 0 saturated heterocycles. The highest BCUT2D eigenvalue weighted by molar-refractivity contribution is 7.91. The van der Waals surface area contributed by atoms with Crippen molar-refractivity contribution < 1.29 is 31.4 Å². The zero-order valence-electron chi connectivity index (χ0n) is 11.4. The minimum atomic E-state index is -4.36. The van der Waals surface area contributed by atoms with Gasteiger partial charge in [0, 0.05) is 12.9 Å². The van der Waals surface area contributed by atoms with Crippen molar-refractivity contribution >= 4 is 9.84 Å². The largest absolute Gasteiger partial charge is 0.411 e. The fourth-order valence-corrected chi connectivity index (χ4v) is 3.74. The molecule has 3 atom stereocenters. The van der Waals surface area contributed by atoms with Crippen LogP contribution in [0.5, 0.6) is 0 Å². The maximum Gasteiger partial charge on any atom is 0.411 e. The average molecular weight is 318 g/mol. The highest BCUT2D eigenvalue weighted by Gasteiger charge is 2.32. The molecule has 1 aliphatic rings. The van der Waals surface area contributed by atoms with Crippen molar-refractivity contribution in [1.29, 1.82) is 0 Å². The third kappa shape index (κ3) is 6.41. The number of halogens is 3. The number of hydrogen-bond acceptors (Lipinski definition) is 4. The van der Waals surface area contributed by atoms with Gasteiger partial charge in [-0.15, -0.1) is 0 Å². The van der Waals surface area contributed by atoms with E-state index in [0.717, 1.165) is 0 Å². The van der Waals surface area contributed by atoms with Gasteiger partial charge in [0.05, 0.1) is 11.4 Å². The molecule has 3 unspecified atom stereocenters. The smallest absolute Gasteiger partial charge is 0.393 e. The van der Waals surface area contributed by atoms with Gasteiger partial charge in [0.1, 0.15) is 16.4 Å². The molecule has 1 rings (SSSR count). The van der Waals surface area contributed by atoms with Gasteiger partial charge in [0.15, 0.2) is 0 Å². The van der Waals surface area contributed by atoms with Crippen LogP contribution in [0, 0.1) is 5.92 Å². The molecule has 20 heavy (non-hydrogen) atoms. The molecular formula is C12H21F3O4S. The fourth-order valence-electron chi connectivity index (χ4n) is 2.55. The zero-order chi connectivity index (χ0) is 15.4. The Labute approximate surface area is 117 Å². The second-order valence-electron chi connectivity index (χ2n) is 5.40. The summed E-state index contributed by atoms with van der Waals surface area (Å²) in [5.74, 6) is -0.182. The molecular weight excluding hydrogens is 297 g/mol. The molecule has 0 aromatic rings. The molecule has 1 saturated carbocycles. The molecule has 0 spiro atoms. The molecule has 0 aromatic heterocycles. The van der Waals surface area contributed by atoms with E-state index in [2.05, 4.69) is 4.74 Å². The van der Waals surface area contributed by atoms with E-state index in [4.69, 9.17) is 0 Å². The Morgan fingerprint density at radius 1 is 1.35 bits per heavy atom. The summed E-state index contributed by atoms with van der Waals surface area (Å²) in [5.41, 5.74) is 0. The van der Waals surface area contributed by atoms with Gasteiger partial charge in [-0.1, -0.05) is 6.42 Å². The van der Waals surface area contributed by atoms with E-state index >= 15 is 0 Å². The van der Waals surface area contributed by atoms with Crippen molar-refractivity contribution in [3.05, 3.63) is 0 Å². The van der Waals surface area contributed by atoms with Gasteiger partial charge in [-0.25, -0.2) is 8.42 Å². The quantitative estimate of drug-likeness (QED) is 0.760. The van der Waals surface area contributed by atoms with Crippen molar-refractivity contribution in [1.82, 2.24) is 0 Å². The molecule has 0 radical (unpaired) electrons. The monoisotopic (exact) mass is 318 g/mol. The lowest BCUT2D eigenvalue weighted by molar-refractivity contribution is -0.175. The van der Waals surface area contributed by atoms with E-state index in [1.807, 2.05) is 0 Å². The third-order valence-corrected chi connectivity index (χ3v) is 5.28. The van der Waals surface area contributed by atoms with Gasteiger partial charge < -0.3 is 9.84 Å². The van der Waals surface area contributed by atoms with Gasteiger partial charge in [-0.3, -0.25) is 0 Å². The van der Waals surface area contributed by atoms with Crippen LogP contribution in [0.4, 0.5) is 13.2 Å². The fraction of sp³-hybridized carbons (Fsp3) is 1.00. The molecule has 1 aliphatic carbocycles. The molecule has 0 bridgehead atoms. The van der Waals surface area contributed by atoms with E-state index in [1.54, 1.807) is 0 Å². The SMILES string of the molecule is CS(=O)(=O)C1CCCC(C(O)CCOCC(F)(F)F)C1. The number of hydrogen-bond donors (Lipinski definition) is 1. The van der Waals surface area contributed by atoms with Crippen LogP contribution in [0.25, 0.3) is 0 Å². The van der Waals surface area contributed by atoms with Crippen molar-refractivity contribution in [2.24, 2.45) is 5.92 Å². The minimum absolute atomic E-state index is 0.0945. The van der Waals surface area contributed by atoms with E-state index < -0.39 is 34.0 Å². The summed E-state index contributed by atoms with van der Waals surface area (Å²) in [5, 5.41) is 9.48. The third-order valence-electron chi connectivity index (χ3n) is 3.64. The van der Waals surface area contributed by atoms with Gasteiger partial charge in [-0.2, -0.15) is 13.2 Å². The minimum Gasteiger partial charge on any atom is -0.393 e. The summed E-state index contributed by atoms with van der Waals surface area (Å²) in [6.45, 7) is -1.50. The summed E-state index contributed by atoms with van der Waals surface area (Å²) in [6, 6.07) is 0.